The zero-order valence-electron chi connectivity index (χ0n) is 25.1. The van der Waals surface area contributed by atoms with Gasteiger partial charge in [0, 0.05) is 59.3 Å². The lowest BCUT2D eigenvalue weighted by Crippen LogP contribution is -2.58. The number of imide groups is 2. The minimum absolute atomic E-state index is 0.143. The Hall–Kier alpha value is -4.76. The second kappa shape index (κ2) is 11.6. The Morgan fingerprint density at radius 3 is 1.50 bits per heavy atom. The molecule has 0 bridgehead atoms. The van der Waals surface area contributed by atoms with Crippen molar-refractivity contribution in [2.75, 3.05) is 10.6 Å². The first-order chi connectivity index (χ1) is 22.1. The minimum atomic E-state index is -0.811. The van der Waals surface area contributed by atoms with Crippen LogP contribution in [-0.2, 0) is 58.4 Å². The molecule has 0 aliphatic carbocycles. The SMILES string of the molecule is O=C1CCC([N+]2([O-])Cc3cccc(NCc4cnc(CNc5cccc6c5C[N+]([O-])(C5CCC(=O)NC5=O)C6)cn4)c3C2)C(=O)N1. The predicted octanol–water partition coefficient (Wildman–Crippen LogP) is 1.97. The molecule has 0 spiro atoms. The third kappa shape index (κ3) is 5.60. The van der Waals surface area contributed by atoms with E-state index in [1.54, 1.807) is 12.4 Å². The number of carbonyl (C=O) groups is 4. The predicted molar refractivity (Wildman–Crippen MR) is 164 cm³/mol. The lowest BCUT2D eigenvalue weighted by atomic mass is 10.0. The van der Waals surface area contributed by atoms with Crippen molar-refractivity contribution >= 4 is 35.0 Å². The highest BCUT2D eigenvalue weighted by Gasteiger charge is 2.45. The molecule has 1 aromatic heterocycles. The molecule has 4 amide bonds. The van der Waals surface area contributed by atoms with Crippen LogP contribution in [0, 0.1) is 10.4 Å². The van der Waals surface area contributed by atoms with E-state index in [9.17, 15) is 29.6 Å². The molecule has 14 heteroatoms. The van der Waals surface area contributed by atoms with Crippen molar-refractivity contribution in [3.63, 3.8) is 0 Å². The monoisotopic (exact) mass is 626 g/mol. The number of piperidine rings is 2. The number of hydrogen-bond donors (Lipinski definition) is 4. The summed E-state index contributed by atoms with van der Waals surface area (Å²) in [5.74, 6) is -1.68. The number of aromatic nitrogens is 2. The normalized spacial score (nSPS) is 27.1. The van der Waals surface area contributed by atoms with Crippen molar-refractivity contribution in [1.82, 2.24) is 20.6 Å². The van der Waals surface area contributed by atoms with Crippen LogP contribution in [0.2, 0.25) is 0 Å². The maximum atomic E-state index is 13.7. The van der Waals surface area contributed by atoms with Gasteiger partial charge in [0.2, 0.25) is 11.8 Å². The van der Waals surface area contributed by atoms with Gasteiger partial charge in [0.1, 0.15) is 26.2 Å². The van der Waals surface area contributed by atoms with Crippen molar-refractivity contribution in [2.24, 2.45) is 0 Å². The van der Waals surface area contributed by atoms with Crippen LogP contribution in [0.4, 0.5) is 11.4 Å². The Balaban J connectivity index is 0.962. The van der Waals surface area contributed by atoms with Gasteiger partial charge in [0.05, 0.1) is 36.9 Å². The van der Waals surface area contributed by atoms with Gasteiger partial charge in [-0.05, 0) is 12.1 Å². The molecular weight excluding hydrogens is 592 g/mol. The number of nitrogens with one attached hydrogen (secondary N) is 4. The zero-order chi connectivity index (χ0) is 32.1. The third-order valence-corrected chi connectivity index (χ3v) is 9.51. The van der Waals surface area contributed by atoms with E-state index in [1.165, 1.54) is 0 Å². The molecule has 2 aromatic carbocycles. The number of benzene rings is 2. The van der Waals surface area contributed by atoms with Gasteiger partial charge in [-0.15, -0.1) is 0 Å². The van der Waals surface area contributed by atoms with Crippen LogP contribution in [0.1, 0.15) is 59.3 Å². The topological polar surface area (TPSA) is 188 Å². The molecule has 4 aliphatic rings. The molecule has 4 N–H and O–H groups in total. The first kappa shape index (κ1) is 29.9. The molecular formula is C32H34N8O6. The van der Waals surface area contributed by atoms with Gasteiger partial charge >= 0.3 is 0 Å². The number of quaternary nitrogens is 2. The van der Waals surface area contributed by atoms with Gasteiger partial charge in [-0.2, -0.15) is 0 Å². The van der Waals surface area contributed by atoms with Crippen LogP contribution >= 0.6 is 0 Å². The van der Waals surface area contributed by atoms with E-state index in [0.29, 0.717) is 24.5 Å². The van der Waals surface area contributed by atoms with Crippen LogP contribution in [0.15, 0.2) is 48.8 Å². The molecule has 238 valence electrons. The van der Waals surface area contributed by atoms with Crippen molar-refractivity contribution in [2.45, 2.75) is 77.0 Å². The Morgan fingerprint density at radius 1 is 0.674 bits per heavy atom. The molecule has 14 nitrogen and oxygen atoms in total. The summed E-state index contributed by atoms with van der Waals surface area (Å²) in [4.78, 5) is 57.1. The number of hydroxylamine groups is 6. The smallest absolute Gasteiger partial charge is 0.285 e. The summed E-state index contributed by atoms with van der Waals surface area (Å²) < 4.78 is -1.41. The average molecular weight is 627 g/mol. The van der Waals surface area contributed by atoms with Crippen LogP contribution in [0.25, 0.3) is 0 Å². The van der Waals surface area contributed by atoms with Gasteiger partial charge in [-0.3, -0.25) is 39.8 Å². The van der Waals surface area contributed by atoms with E-state index in [2.05, 4.69) is 31.2 Å². The Bertz CT molecular complexity index is 1620. The Labute approximate surface area is 264 Å². The Kier molecular flexibility index (Phi) is 7.51. The maximum Gasteiger partial charge on any atom is 0.285 e. The van der Waals surface area contributed by atoms with E-state index in [0.717, 1.165) is 33.6 Å². The molecule has 4 unspecified atom stereocenters. The first-order valence-corrected chi connectivity index (χ1v) is 15.4. The zero-order valence-corrected chi connectivity index (χ0v) is 25.1. The molecule has 4 atom stereocenters. The van der Waals surface area contributed by atoms with Gasteiger partial charge in [-0.1, -0.05) is 24.3 Å². The van der Waals surface area contributed by atoms with Crippen LogP contribution in [0.3, 0.4) is 0 Å². The van der Waals surface area contributed by atoms with Crippen molar-refractivity contribution < 1.29 is 28.5 Å². The summed E-state index contributed by atoms with van der Waals surface area (Å²) in [6.45, 7) is 1.40. The maximum absolute atomic E-state index is 13.7. The molecule has 7 rings (SSSR count). The summed E-state index contributed by atoms with van der Waals surface area (Å²) in [7, 11) is 0. The van der Waals surface area contributed by atoms with E-state index in [-0.39, 0.29) is 63.7 Å². The fraction of sp³-hybridized carbons (Fsp3) is 0.375. The largest absolute Gasteiger partial charge is 0.632 e. The van der Waals surface area contributed by atoms with E-state index < -0.39 is 33.2 Å². The van der Waals surface area contributed by atoms with E-state index >= 15 is 0 Å². The second-order valence-electron chi connectivity index (χ2n) is 12.6. The third-order valence-electron chi connectivity index (χ3n) is 9.51. The Morgan fingerprint density at radius 2 is 1.11 bits per heavy atom. The molecule has 3 aromatic rings. The summed E-state index contributed by atoms with van der Waals surface area (Å²) in [6, 6.07) is 9.74. The van der Waals surface area contributed by atoms with E-state index in [1.807, 2.05) is 36.4 Å². The number of anilines is 2. The lowest BCUT2D eigenvalue weighted by Gasteiger charge is -2.45. The first-order valence-electron chi connectivity index (χ1n) is 15.4. The highest BCUT2D eigenvalue weighted by atomic mass is 16.6. The summed E-state index contributed by atoms with van der Waals surface area (Å²) >= 11 is 0. The number of nitrogens with zero attached hydrogens (tertiary/aromatic N) is 4. The van der Waals surface area contributed by atoms with Crippen LogP contribution in [-0.4, -0.2) is 55.0 Å². The number of amides is 4. The van der Waals surface area contributed by atoms with Crippen molar-refractivity contribution in [1.29, 1.82) is 0 Å². The molecule has 0 saturated carbocycles. The summed E-state index contributed by atoms with van der Waals surface area (Å²) in [6.07, 6.45) is 4.20. The lowest BCUT2D eigenvalue weighted by molar-refractivity contribution is -0.916. The number of carbonyl (C=O) groups excluding carboxylic acids is 4. The molecule has 5 heterocycles. The average Bonchev–Trinajstić information content (AvgIpc) is 3.56. The van der Waals surface area contributed by atoms with Crippen molar-refractivity contribution in [3.8, 4) is 0 Å². The quantitative estimate of drug-likeness (QED) is 0.163. The standard InChI is InChI=1S/C32H34N8O6/c41-29-9-7-27(31(43)37-29)39(45)15-19-3-1-5-25(23(19)17-39)35-13-21-11-34-22(12-33-21)14-36-26-6-2-4-20-16-40(46,18-24(20)26)28-8-10-30(42)38-32(28)44/h1-6,11-12,27-28,35-36H,7-10,13-18H2,(H,37,41,43)(H,38,42,44). The van der Waals surface area contributed by atoms with Gasteiger partial charge in [0.25, 0.3) is 11.8 Å². The summed E-state index contributed by atoms with van der Waals surface area (Å²) in [5, 5.41) is 38.8. The minimum Gasteiger partial charge on any atom is -0.632 e. The van der Waals surface area contributed by atoms with Gasteiger partial charge in [0.15, 0.2) is 12.1 Å². The molecule has 4 aliphatic heterocycles. The highest BCUT2D eigenvalue weighted by molar-refractivity contribution is 6.00. The van der Waals surface area contributed by atoms with Crippen LogP contribution < -0.4 is 21.3 Å². The van der Waals surface area contributed by atoms with E-state index in [4.69, 9.17) is 0 Å². The fourth-order valence-corrected chi connectivity index (χ4v) is 7.13. The molecule has 2 saturated heterocycles. The second-order valence-corrected chi connectivity index (χ2v) is 12.6. The number of rotatable bonds is 8. The summed E-state index contributed by atoms with van der Waals surface area (Å²) in [5.41, 5.74) is 6.50. The molecule has 2 fully saturated rings. The molecule has 0 radical (unpaired) electrons. The van der Waals surface area contributed by atoms with Gasteiger partial charge < -0.3 is 30.3 Å². The van der Waals surface area contributed by atoms with Crippen molar-refractivity contribution in [3.05, 3.63) is 92.8 Å². The number of hydrogen-bond acceptors (Lipinski definition) is 10. The van der Waals surface area contributed by atoms with Gasteiger partial charge in [-0.25, -0.2) is 0 Å². The fourth-order valence-electron chi connectivity index (χ4n) is 7.13. The number of fused-ring (bicyclic) bond motifs is 2. The highest BCUT2D eigenvalue weighted by Crippen LogP contribution is 2.39. The molecule has 46 heavy (non-hydrogen) atoms. The van der Waals surface area contributed by atoms with Crippen LogP contribution in [0.5, 0.6) is 0 Å².